The monoisotopic (exact) mass is 408 g/mol. The van der Waals surface area contributed by atoms with Crippen LogP contribution in [0.2, 0.25) is 0 Å². The van der Waals surface area contributed by atoms with Crippen molar-refractivity contribution < 1.29 is 5.11 Å². The van der Waals surface area contributed by atoms with Crippen LogP contribution >= 0.6 is 31.9 Å². The minimum absolute atomic E-state index is 0.133. The van der Waals surface area contributed by atoms with Gasteiger partial charge in [-0.15, -0.1) is 0 Å². The van der Waals surface area contributed by atoms with E-state index >= 15 is 0 Å². The predicted molar refractivity (Wildman–Crippen MR) is 90.8 cm³/mol. The second kappa shape index (κ2) is 5.87. The van der Waals surface area contributed by atoms with Crippen LogP contribution in [0.3, 0.4) is 0 Å². The topological polar surface area (TPSA) is 73.3 Å². The second-order valence-corrected chi connectivity index (χ2v) is 6.07. The van der Waals surface area contributed by atoms with Crippen LogP contribution in [-0.4, -0.2) is 21.3 Å². The van der Waals surface area contributed by atoms with Crippen molar-refractivity contribution in [2.75, 3.05) is 5.43 Å². The van der Waals surface area contributed by atoms with Crippen molar-refractivity contribution in [1.82, 2.24) is 9.97 Å². The molecule has 2 aromatic carbocycles. The molecule has 3 aromatic rings. The maximum absolute atomic E-state index is 9.92. The summed E-state index contributed by atoms with van der Waals surface area (Å²) < 4.78 is 1.44. The first-order valence-electron chi connectivity index (χ1n) is 6.05. The van der Waals surface area contributed by atoms with Crippen LogP contribution in [0.5, 0.6) is 5.75 Å². The molecule has 106 valence electrons. The summed E-state index contributed by atoms with van der Waals surface area (Å²) in [7, 11) is 0. The van der Waals surface area contributed by atoms with Gasteiger partial charge >= 0.3 is 0 Å². The van der Waals surface area contributed by atoms with Crippen LogP contribution in [-0.2, 0) is 0 Å². The zero-order valence-corrected chi connectivity index (χ0v) is 13.8. The smallest absolute Gasteiger partial charge is 0.222 e. The first-order valence-corrected chi connectivity index (χ1v) is 7.64. The lowest BCUT2D eigenvalue weighted by molar-refractivity contribution is 0.471. The molecule has 0 bridgehead atoms. The quantitative estimate of drug-likeness (QED) is 0.447. The first-order chi connectivity index (χ1) is 10.1. The van der Waals surface area contributed by atoms with Gasteiger partial charge < -0.3 is 10.1 Å². The van der Waals surface area contributed by atoms with E-state index in [4.69, 9.17) is 0 Å². The summed E-state index contributed by atoms with van der Waals surface area (Å²) in [5, 5.41) is 14.0. The van der Waals surface area contributed by atoms with Gasteiger partial charge in [0, 0.05) is 10.0 Å². The number of H-pyrrole nitrogens is 1. The van der Waals surface area contributed by atoms with E-state index in [1.807, 2.05) is 24.3 Å². The van der Waals surface area contributed by atoms with Gasteiger partial charge in [0.25, 0.3) is 0 Å². The molecule has 3 N–H and O–H groups in total. The average molecular weight is 410 g/mol. The molecule has 0 fully saturated rings. The number of para-hydroxylation sites is 2. The molecule has 0 unspecified atom stereocenters. The molecule has 0 saturated heterocycles. The number of hydrogen-bond donors (Lipinski definition) is 3. The maximum atomic E-state index is 9.92. The van der Waals surface area contributed by atoms with Crippen LogP contribution in [0.25, 0.3) is 11.0 Å². The molecule has 0 radical (unpaired) electrons. The van der Waals surface area contributed by atoms with Crippen molar-refractivity contribution in [3.05, 3.63) is 50.9 Å². The summed E-state index contributed by atoms with van der Waals surface area (Å²) in [5.41, 5.74) is 5.19. The largest absolute Gasteiger partial charge is 0.506 e. The van der Waals surface area contributed by atoms with Gasteiger partial charge in [-0.3, -0.25) is 0 Å². The fourth-order valence-corrected chi connectivity index (χ4v) is 3.11. The highest BCUT2D eigenvalue weighted by molar-refractivity contribution is 9.11. The molecule has 0 aliphatic heterocycles. The van der Waals surface area contributed by atoms with E-state index in [9.17, 15) is 5.11 Å². The lowest BCUT2D eigenvalue weighted by Gasteiger charge is -2.02. The van der Waals surface area contributed by atoms with Crippen molar-refractivity contribution in [3.8, 4) is 5.75 Å². The zero-order valence-electron chi connectivity index (χ0n) is 10.6. The van der Waals surface area contributed by atoms with E-state index in [0.29, 0.717) is 16.0 Å². The molecule has 21 heavy (non-hydrogen) atoms. The Bertz CT molecular complexity index is 796. The number of aromatic hydroxyl groups is 1. The molecule has 3 rings (SSSR count). The number of imidazole rings is 1. The van der Waals surface area contributed by atoms with Gasteiger partial charge in [-0.05, 0) is 40.2 Å². The minimum Gasteiger partial charge on any atom is -0.506 e. The highest BCUT2D eigenvalue weighted by Gasteiger charge is 2.05. The minimum atomic E-state index is 0.133. The number of hydrazone groups is 1. The van der Waals surface area contributed by atoms with Crippen molar-refractivity contribution in [1.29, 1.82) is 0 Å². The lowest BCUT2D eigenvalue weighted by atomic mass is 10.2. The number of aromatic nitrogens is 2. The van der Waals surface area contributed by atoms with Crippen molar-refractivity contribution in [2.45, 2.75) is 0 Å². The molecule has 5 nitrogen and oxygen atoms in total. The molecular weight excluding hydrogens is 400 g/mol. The Balaban J connectivity index is 1.81. The Morgan fingerprint density at radius 2 is 2.05 bits per heavy atom. The van der Waals surface area contributed by atoms with E-state index in [-0.39, 0.29) is 5.75 Å². The summed E-state index contributed by atoms with van der Waals surface area (Å²) in [5.74, 6) is 0.675. The molecule has 7 heteroatoms. The number of phenols is 1. The normalized spacial score (nSPS) is 11.3. The summed E-state index contributed by atoms with van der Waals surface area (Å²) in [6.07, 6.45) is 1.53. The summed E-state index contributed by atoms with van der Waals surface area (Å²) >= 11 is 6.64. The molecule has 0 saturated carbocycles. The van der Waals surface area contributed by atoms with Gasteiger partial charge in [-0.2, -0.15) is 5.10 Å². The van der Waals surface area contributed by atoms with E-state index in [2.05, 4.69) is 52.4 Å². The van der Waals surface area contributed by atoms with Crippen LogP contribution in [0.4, 0.5) is 5.95 Å². The predicted octanol–water partition coefficient (Wildman–Crippen LogP) is 4.24. The third-order valence-corrected chi connectivity index (χ3v) is 3.88. The summed E-state index contributed by atoms with van der Waals surface area (Å²) in [6, 6.07) is 11.2. The first kappa shape index (κ1) is 14.1. The molecule has 0 spiro atoms. The molecule has 1 aromatic heterocycles. The number of aromatic amines is 1. The molecule has 0 atom stereocenters. The van der Waals surface area contributed by atoms with Crippen LogP contribution in [0, 0.1) is 0 Å². The number of benzene rings is 2. The second-order valence-electron chi connectivity index (χ2n) is 4.30. The summed E-state index contributed by atoms with van der Waals surface area (Å²) in [4.78, 5) is 7.44. The molecular formula is C14H10Br2N4O. The number of nitrogens with zero attached hydrogens (tertiary/aromatic N) is 2. The maximum Gasteiger partial charge on any atom is 0.222 e. The Morgan fingerprint density at radius 3 is 2.86 bits per heavy atom. The van der Waals surface area contributed by atoms with Gasteiger partial charge in [0.05, 0.1) is 21.7 Å². The highest BCUT2D eigenvalue weighted by atomic mass is 79.9. The third-order valence-electron chi connectivity index (χ3n) is 2.82. The van der Waals surface area contributed by atoms with Crippen molar-refractivity contribution >= 4 is 55.1 Å². The van der Waals surface area contributed by atoms with Crippen LogP contribution in [0.15, 0.2) is 50.4 Å². The Kier molecular flexibility index (Phi) is 3.94. The molecule has 0 amide bonds. The number of nitrogens with one attached hydrogen (secondary N) is 2. The zero-order chi connectivity index (χ0) is 14.8. The van der Waals surface area contributed by atoms with Crippen LogP contribution in [0.1, 0.15) is 5.56 Å². The number of halogens is 2. The van der Waals surface area contributed by atoms with Gasteiger partial charge in [0.1, 0.15) is 5.75 Å². The van der Waals surface area contributed by atoms with Gasteiger partial charge in [0.2, 0.25) is 5.95 Å². The van der Waals surface area contributed by atoms with Gasteiger partial charge in [-0.1, -0.05) is 28.1 Å². The number of anilines is 1. The van der Waals surface area contributed by atoms with Crippen molar-refractivity contribution in [3.63, 3.8) is 0 Å². The van der Waals surface area contributed by atoms with E-state index in [1.165, 1.54) is 6.21 Å². The number of phenolic OH excluding ortho intramolecular Hbond substituents is 1. The Hall–Kier alpha value is -1.86. The molecule has 0 aliphatic rings. The molecule has 1 heterocycles. The standard InChI is InChI=1S/C14H10Br2N4O/c15-9-5-8(13(21)10(16)6-9)7-17-20-14-18-11-3-1-2-4-12(11)19-14/h1-7,21H,(H2,18,19,20)/b17-7+. The van der Waals surface area contributed by atoms with Gasteiger partial charge in [0.15, 0.2) is 0 Å². The van der Waals surface area contributed by atoms with Crippen molar-refractivity contribution in [2.24, 2.45) is 5.10 Å². The number of rotatable bonds is 3. The van der Waals surface area contributed by atoms with Crippen LogP contribution < -0.4 is 5.43 Å². The number of fused-ring (bicyclic) bond motifs is 1. The third kappa shape index (κ3) is 3.08. The van der Waals surface area contributed by atoms with E-state index < -0.39 is 0 Å². The Labute approximate surface area is 137 Å². The SMILES string of the molecule is Oc1c(Br)cc(Br)cc1/C=N/Nc1nc2ccccc2[nH]1. The fourth-order valence-electron chi connectivity index (χ4n) is 1.85. The average Bonchev–Trinajstić information content (AvgIpc) is 2.86. The number of hydrogen-bond acceptors (Lipinski definition) is 4. The Morgan fingerprint density at radius 1 is 1.24 bits per heavy atom. The summed E-state index contributed by atoms with van der Waals surface area (Å²) in [6.45, 7) is 0. The van der Waals surface area contributed by atoms with E-state index in [0.717, 1.165) is 15.5 Å². The fraction of sp³-hybridized carbons (Fsp3) is 0. The van der Waals surface area contributed by atoms with E-state index in [1.54, 1.807) is 12.1 Å². The van der Waals surface area contributed by atoms with Gasteiger partial charge in [-0.25, -0.2) is 10.4 Å². The molecule has 0 aliphatic carbocycles. The highest BCUT2D eigenvalue weighted by Crippen LogP contribution is 2.30. The lowest BCUT2D eigenvalue weighted by Crippen LogP contribution is -1.93.